The molecule has 0 saturated carbocycles. The molecule has 1 aliphatic carbocycles. The summed E-state index contributed by atoms with van der Waals surface area (Å²) < 4.78 is 0. The summed E-state index contributed by atoms with van der Waals surface area (Å²) in [5.74, 6) is -0.233. The summed E-state index contributed by atoms with van der Waals surface area (Å²) in [6.45, 7) is 0. The lowest BCUT2D eigenvalue weighted by atomic mass is 9.64. The molecule has 2 unspecified atom stereocenters. The van der Waals surface area contributed by atoms with Crippen molar-refractivity contribution in [1.82, 2.24) is 4.90 Å². The van der Waals surface area contributed by atoms with Crippen molar-refractivity contribution in [3.8, 4) is 0 Å². The van der Waals surface area contributed by atoms with Crippen LogP contribution in [-0.2, 0) is 21.4 Å². The summed E-state index contributed by atoms with van der Waals surface area (Å²) in [6, 6.07) is 5.60. The Morgan fingerprint density at radius 1 is 1.38 bits per heavy atom. The molecule has 0 aromatic heterocycles. The van der Waals surface area contributed by atoms with Crippen LogP contribution in [0.5, 0.6) is 0 Å². The average Bonchev–Trinajstić information content (AvgIpc) is 2.69. The molecular weight excluding hydrogens is 284 g/mol. The summed E-state index contributed by atoms with van der Waals surface area (Å²) in [6.07, 6.45) is 4.61. The van der Waals surface area contributed by atoms with Crippen LogP contribution < -0.4 is 0 Å². The van der Waals surface area contributed by atoms with E-state index in [4.69, 9.17) is 0 Å². The maximum atomic E-state index is 12.9. The third-order valence-electron chi connectivity index (χ3n) is 5.00. The van der Waals surface area contributed by atoms with Gasteiger partial charge in [-0.2, -0.15) is 0 Å². The van der Waals surface area contributed by atoms with Crippen molar-refractivity contribution in [3.05, 3.63) is 34.9 Å². The minimum atomic E-state index is -0.741. The van der Waals surface area contributed by atoms with Crippen LogP contribution in [0.25, 0.3) is 0 Å². The van der Waals surface area contributed by atoms with Crippen LogP contribution in [0.4, 0.5) is 0 Å². The van der Waals surface area contributed by atoms with Gasteiger partial charge in [0.15, 0.2) is 0 Å². The fraction of sp³-hybridized carbons (Fsp3) is 0.438. The number of carbonyl (C=O) groups is 2. The molecule has 2 heterocycles. The molecule has 0 radical (unpaired) electrons. The second-order valence-electron chi connectivity index (χ2n) is 5.91. The number of carbonyl (C=O) groups excluding carboxylic acids is 2. The molecule has 1 saturated heterocycles. The minimum Gasteiger partial charge on any atom is -0.283 e. The molecule has 21 heavy (non-hydrogen) atoms. The van der Waals surface area contributed by atoms with Crippen molar-refractivity contribution < 1.29 is 9.59 Å². The molecule has 108 valence electrons. The van der Waals surface area contributed by atoms with E-state index in [1.54, 1.807) is 18.8 Å². The van der Waals surface area contributed by atoms with Gasteiger partial charge in [0.2, 0.25) is 5.91 Å². The monoisotopic (exact) mass is 300 g/mol. The van der Waals surface area contributed by atoms with E-state index in [1.807, 2.05) is 18.4 Å². The van der Waals surface area contributed by atoms with Crippen LogP contribution in [0.3, 0.4) is 0 Å². The van der Waals surface area contributed by atoms with Crippen LogP contribution in [0.1, 0.15) is 29.5 Å². The van der Waals surface area contributed by atoms with E-state index in [2.05, 4.69) is 11.1 Å². The highest BCUT2D eigenvalue weighted by atomic mass is 32.2. The van der Waals surface area contributed by atoms with E-state index in [0.29, 0.717) is 0 Å². The van der Waals surface area contributed by atoms with Gasteiger partial charge in [-0.3, -0.25) is 19.5 Å². The van der Waals surface area contributed by atoms with Crippen LogP contribution >= 0.6 is 11.8 Å². The Morgan fingerprint density at radius 2 is 2.19 bits per heavy atom. The van der Waals surface area contributed by atoms with Crippen molar-refractivity contribution in [2.45, 2.75) is 30.7 Å². The quantitative estimate of drug-likeness (QED) is 0.686. The smallest absolute Gasteiger partial charge is 0.255 e. The molecule has 5 heteroatoms. The number of thioether (sulfide) groups is 1. The third kappa shape index (κ3) is 1.40. The van der Waals surface area contributed by atoms with Crippen LogP contribution in [0, 0.1) is 0 Å². The Hall–Kier alpha value is -1.62. The van der Waals surface area contributed by atoms with Crippen molar-refractivity contribution in [1.29, 1.82) is 0 Å². The number of benzene rings is 1. The van der Waals surface area contributed by atoms with Crippen LogP contribution in [0.2, 0.25) is 0 Å². The summed E-state index contributed by atoms with van der Waals surface area (Å²) >= 11 is 1.55. The van der Waals surface area contributed by atoms with Gasteiger partial charge in [-0.1, -0.05) is 18.2 Å². The van der Waals surface area contributed by atoms with Crippen molar-refractivity contribution >= 4 is 28.6 Å². The largest absolute Gasteiger partial charge is 0.283 e. The number of rotatable bonds is 0. The van der Waals surface area contributed by atoms with E-state index in [-0.39, 0.29) is 11.8 Å². The Kier molecular flexibility index (Phi) is 2.61. The van der Waals surface area contributed by atoms with Gasteiger partial charge in [0.25, 0.3) is 5.91 Å². The zero-order valence-corrected chi connectivity index (χ0v) is 12.9. The molecule has 4 nitrogen and oxygen atoms in total. The van der Waals surface area contributed by atoms with Gasteiger partial charge in [-0.25, -0.2) is 0 Å². The molecule has 1 aromatic carbocycles. The number of amides is 2. The first kappa shape index (κ1) is 13.1. The predicted molar refractivity (Wildman–Crippen MR) is 82.7 cm³/mol. The number of likely N-dealkylation sites (tertiary alicyclic amines) is 1. The fourth-order valence-corrected chi connectivity index (χ4v) is 4.71. The van der Waals surface area contributed by atoms with Gasteiger partial charge in [-0.15, -0.1) is 11.8 Å². The number of imide groups is 1. The Labute approximate surface area is 127 Å². The summed E-state index contributed by atoms with van der Waals surface area (Å²) in [5, 5.41) is 0.880. The van der Waals surface area contributed by atoms with Gasteiger partial charge < -0.3 is 0 Å². The molecule has 1 spiro atoms. The minimum absolute atomic E-state index is 0.0743. The summed E-state index contributed by atoms with van der Waals surface area (Å²) in [5.41, 5.74) is 2.59. The lowest BCUT2D eigenvalue weighted by molar-refractivity contribution is -0.138. The van der Waals surface area contributed by atoms with Gasteiger partial charge in [0.05, 0.1) is 5.04 Å². The zero-order valence-electron chi connectivity index (χ0n) is 12.0. The lowest BCUT2D eigenvalue weighted by Gasteiger charge is -2.40. The molecule has 4 rings (SSSR count). The molecule has 0 bridgehead atoms. The first-order valence-corrected chi connectivity index (χ1v) is 8.40. The highest BCUT2D eigenvalue weighted by Gasteiger charge is 2.62. The lowest BCUT2D eigenvalue weighted by Crippen LogP contribution is -2.48. The number of likely N-dealkylation sites (N-methyl/N-ethyl adjacent to an activating group) is 1. The van der Waals surface area contributed by atoms with Crippen molar-refractivity contribution in [2.75, 3.05) is 13.3 Å². The van der Waals surface area contributed by atoms with Crippen LogP contribution in [0.15, 0.2) is 23.2 Å². The van der Waals surface area contributed by atoms with Crippen LogP contribution in [-0.4, -0.2) is 41.1 Å². The normalized spacial score (nSPS) is 30.1. The molecule has 2 atom stereocenters. The molecule has 1 fully saturated rings. The Balaban J connectivity index is 2.09. The van der Waals surface area contributed by atoms with Gasteiger partial charge >= 0.3 is 0 Å². The molecule has 1 aromatic rings. The number of nitrogens with zero attached hydrogens (tertiary/aromatic N) is 2. The number of aliphatic imine (C=N–C) groups is 1. The fourth-order valence-electron chi connectivity index (χ4n) is 4.11. The average molecular weight is 300 g/mol. The van der Waals surface area contributed by atoms with E-state index in [0.717, 1.165) is 35.4 Å². The molecule has 3 aliphatic rings. The predicted octanol–water partition coefficient (Wildman–Crippen LogP) is 1.75. The van der Waals surface area contributed by atoms with E-state index < -0.39 is 11.5 Å². The highest BCUT2D eigenvalue weighted by molar-refractivity contribution is 8.13. The topological polar surface area (TPSA) is 49.7 Å². The van der Waals surface area contributed by atoms with Gasteiger partial charge in [-0.05, 0) is 36.6 Å². The zero-order chi connectivity index (χ0) is 14.8. The van der Waals surface area contributed by atoms with Gasteiger partial charge in [0, 0.05) is 12.6 Å². The molecule has 2 aliphatic heterocycles. The highest BCUT2D eigenvalue weighted by Crippen LogP contribution is 2.50. The van der Waals surface area contributed by atoms with E-state index in [9.17, 15) is 9.59 Å². The SMILES string of the molecule is CSC1=NC2C(=O)N(C)C(=O)C23CCCc2cccc1c23. The summed E-state index contributed by atoms with van der Waals surface area (Å²) in [7, 11) is 1.59. The standard InChI is InChI=1S/C16H16N2O2S/c1-18-14(19)12-16(15(18)20)8-4-6-9-5-3-7-10(11(9)16)13(17-12)21-2/h3,5,7,12H,4,6,8H2,1-2H3. The Bertz CT molecular complexity index is 712. The number of hydrogen-bond donors (Lipinski definition) is 0. The summed E-state index contributed by atoms with van der Waals surface area (Å²) in [4.78, 5) is 31.3. The molecule has 2 amide bonds. The van der Waals surface area contributed by atoms with Gasteiger partial charge in [0.1, 0.15) is 11.5 Å². The maximum Gasteiger partial charge on any atom is 0.255 e. The second-order valence-corrected chi connectivity index (χ2v) is 6.70. The van der Waals surface area contributed by atoms with Crippen molar-refractivity contribution in [3.63, 3.8) is 0 Å². The number of aryl methyl sites for hydroxylation is 1. The third-order valence-corrected chi connectivity index (χ3v) is 5.71. The molecule has 0 N–H and O–H groups in total. The molecular formula is C16H16N2O2S. The maximum absolute atomic E-state index is 12.9. The first-order valence-electron chi connectivity index (χ1n) is 7.18. The second kappa shape index (κ2) is 4.19. The van der Waals surface area contributed by atoms with Crippen molar-refractivity contribution in [2.24, 2.45) is 4.99 Å². The Morgan fingerprint density at radius 3 is 2.95 bits per heavy atom. The first-order chi connectivity index (χ1) is 10.1. The number of hydrogen-bond acceptors (Lipinski definition) is 4. The van der Waals surface area contributed by atoms with E-state index >= 15 is 0 Å². The van der Waals surface area contributed by atoms with E-state index in [1.165, 1.54) is 10.5 Å².